The van der Waals surface area contributed by atoms with Gasteiger partial charge in [0.2, 0.25) is 5.91 Å². The number of amides is 3. The van der Waals surface area contributed by atoms with Gasteiger partial charge in [-0.3, -0.25) is 15.0 Å². The number of para-hydroxylation sites is 1. The number of nitrogens with zero attached hydrogens (tertiary/aromatic N) is 9. The molecule has 7 aliphatic rings. The van der Waals surface area contributed by atoms with Crippen LogP contribution in [-0.2, 0) is 14.3 Å². The normalized spacial score (nSPS) is 24.3. The van der Waals surface area contributed by atoms with Gasteiger partial charge in [-0.05, 0) is 92.5 Å². The lowest BCUT2D eigenvalue weighted by molar-refractivity contribution is -0.296. The first kappa shape index (κ1) is 43.2. The number of pyridine rings is 1. The number of halogens is 1. The van der Waals surface area contributed by atoms with Gasteiger partial charge in [0, 0.05) is 107 Å². The molecule has 18 heteroatoms. The number of aliphatic hydroxyl groups is 1. The number of nitrogen functional groups attached to an aromatic ring is 1. The Bertz CT molecular complexity index is 2750. The number of hydrogen-bond acceptors (Lipinski definition) is 14. The van der Waals surface area contributed by atoms with E-state index in [9.17, 15) is 19.8 Å². The van der Waals surface area contributed by atoms with E-state index >= 15 is 4.39 Å². The average molecular weight is 928 g/mol. The van der Waals surface area contributed by atoms with Crippen LogP contribution in [0.15, 0.2) is 67.0 Å². The first-order valence-corrected chi connectivity index (χ1v) is 24.3. The van der Waals surface area contributed by atoms with E-state index in [4.69, 9.17) is 20.2 Å². The Balaban J connectivity index is 0.648. The van der Waals surface area contributed by atoms with E-state index in [0.717, 1.165) is 74.3 Å². The quantitative estimate of drug-likeness (QED) is 0.145. The fourth-order valence-electron chi connectivity index (χ4n) is 11.8. The molecule has 17 nitrogen and oxygen atoms in total. The summed E-state index contributed by atoms with van der Waals surface area (Å²) < 4.78 is 31.1. The maximum atomic E-state index is 15.7. The number of nitrogens with one attached hydrogen (secondary N) is 1. The van der Waals surface area contributed by atoms with Gasteiger partial charge in [-0.2, -0.15) is 0 Å². The molecule has 3 aromatic heterocycles. The highest BCUT2D eigenvalue weighted by atomic mass is 19.1. The minimum atomic E-state index is -0.885. The summed E-state index contributed by atoms with van der Waals surface area (Å²) in [6.45, 7) is 5.90. The number of imide groups is 1. The van der Waals surface area contributed by atoms with Crippen LogP contribution in [0.25, 0.3) is 22.3 Å². The van der Waals surface area contributed by atoms with Gasteiger partial charge in [-0.15, -0.1) is 10.2 Å². The van der Waals surface area contributed by atoms with Gasteiger partial charge in [0.1, 0.15) is 17.2 Å². The number of carbonyl (C=O) groups excluding carboxylic acids is 2. The first-order valence-electron chi connectivity index (χ1n) is 24.3. The number of anilines is 5. The number of rotatable bonds is 9. The maximum absolute atomic E-state index is 15.7. The summed E-state index contributed by atoms with van der Waals surface area (Å²) in [5.41, 5.74) is 11.8. The van der Waals surface area contributed by atoms with Crippen molar-refractivity contribution in [3.05, 3.63) is 78.4 Å². The number of hydrogen-bond donors (Lipinski definition) is 4. The van der Waals surface area contributed by atoms with Crippen molar-refractivity contribution >= 4 is 51.5 Å². The zero-order chi connectivity index (χ0) is 46.3. The minimum Gasteiger partial charge on any atom is -0.507 e. The van der Waals surface area contributed by atoms with Crippen LogP contribution < -0.4 is 30.7 Å². The zero-order valence-corrected chi connectivity index (χ0v) is 38.1. The van der Waals surface area contributed by atoms with Crippen LogP contribution >= 0.6 is 0 Å². The summed E-state index contributed by atoms with van der Waals surface area (Å²) in [5, 5.41) is 34.4. The number of benzene rings is 2. The average Bonchev–Trinajstić information content (AvgIpc) is 4.07. The Hall–Kier alpha value is -6.08. The number of urea groups is 1. The molecule has 1 saturated carbocycles. The molecule has 0 radical (unpaired) electrons. The molecule has 1 aliphatic carbocycles. The monoisotopic (exact) mass is 927 g/mol. The summed E-state index contributed by atoms with van der Waals surface area (Å²) in [7, 11) is 0. The van der Waals surface area contributed by atoms with Crippen LogP contribution in [0, 0.1) is 5.82 Å². The molecule has 5 N–H and O–H groups in total. The third-order valence-electron chi connectivity index (χ3n) is 15.7. The Kier molecular flexibility index (Phi) is 10.7. The molecule has 2 aromatic carbocycles. The fourth-order valence-corrected chi connectivity index (χ4v) is 11.8. The molecule has 2 bridgehead atoms. The first-order chi connectivity index (χ1) is 33.0. The number of fused-ring (bicyclic) bond motifs is 3. The van der Waals surface area contributed by atoms with Gasteiger partial charge in [-0.25, -0.2) is 14.2 Å². The molecule has 9 heterocycles. The van der Waals surface area contributed by atoms with Crippen molar-refractivity contribution in [3.63, 3.8) is 0 Å². The van der Waals surface area contributed by atoms with E-state index in [1.165, 1.54) is 5.56 Å². The second-order valence-electron chi connectivity index (χ2n) is 20.1. The molecule has 1 spiro atoms. The number of aromatic nitrogens is 4. The SMILES string of the molecule is Nc1nnc(-c2ccccc2O)cc1N1CC2CCC(C1)N2c1ccc(F)c(N2CCC(O)(CN3CCC4(CC3)OCC(n3cc(C5CC5)c5cc(N6CCC(=O)NC6=O)cnc53)CO4)CC2)c1. The highest BCUT2D eigenvalue weighted by Gasteiger charge is 2.45. The highest BCUT2D eigenvalue weighted by molar-refractivity contribution is 6.06. The number of phenols is 1. The summed E-state index contributed by atoms with van der Waals surface area (Å²) in [5.74, 6) is -0.235. The predicted molar refractivity (Wildman–Crippen MR) is 254 cm³/mol. The lowest BCUT2D eigenvalue weighted by atomic mass is 9.89. The van der Waals surface area contributed by atoms with Crippen molar-refractivity contribution in [2.24, 2.45) is 0 Å². The van der Waals surface area contributed by atoms with E-state index in [2.05, 4.69) is 45.9 Å². The molecular formula is C50H58FN11O6. The van der Waals surface area contributed by atoms with Crippen molar-refractivity contribution in [2.45, 2.75) is 93.2 Å². The predicted octanol–water partition coefficient (Wildman–Crippen LogP) is 5.51. The molecule has 7 fully saturated rings. The molecule has 3 amide bonds. The van der Waals surface area contributed by atoms with E-state index in [1.807, 2.05) is 36.4 Å². The van der Waals surface area contributed by atoms with E-state index in [0.29, 0.717) is 99.4 Å². The third kappa shape index (κ3) is 7.93. The zero-order valence-electron chi connectivity index (χ0n) is 38.1. The highest BCUT2D eigenvalue weighted by Crippen LogP contribution is 2.46. The van der Waals surface area contributed by atoms with E-state index < -0.39 is 17.4 Å². The van der Waals surface area contributed by atoms with Crippen LogP contribution in [-0.4, -0.2) is 136 Å². The number of β-amino-alcohol motifs (C(OH)–C–C–N with tert-alkyl or cyclic N) is 1. The Labute approximate surface area is 393 Å². The van der Waals surface area contributed by atoms with Crippen molar-refractivity contribution in [3.8, 4) is 17.0 Å². The number of piperazine rings is 1. The van der Waals surface area contributed by atoms with Gasteiger partial charge in [0.05, 0.1) is 53.8 Å². The molecule has 2 atom stereocenters. The van der Waals surface area contributed by atoms with Crippen molar-refractivity contribution < 1.29 is 33.7 Å². The van der Waals surface area contributed by atoms with Crippen molar-refractivity contribution in [2.75, 3.05) is 90.9 Å². The van der Waals surface area contributed by atoms with Gasteiger partial charge in [-0.1, -0.05) is 12.1 Å². The number of aromatic hydroxyl groups is 1. The number of ether oxygens (including phenoxy) is 2. The standard InChI is InChI=1S/C50H58FN11O6/c51-40-10-9-32(62-33-7-8-34(62)26-59(25-33)43-23-41(55-56-46(43)52)37-3-1-2-4-44(37)63)22-42(40)58-19-12-49(66,13-20-58)30-57-17-14-50(15-18-57)67-28-36(29-68-50)61-27-39(31-5-6-31)38-21-35(24-53-47(38)61)60-16-11-45(64)54-48(60)65/h1-4,9-10,21-24,27,31,33-34,36,63,66H,5-8,11-20,25-26,28-30H2,(H2,52,56)(H,54,64,65). The third-order valence-corrected chi connectivity index (χ3v) is 15.7. The lowest BCUT2D eigenvalue weighted by Gasteiger charge is -2.48. The summed E-state index contributed by atoms with van der Waals surface area (Å²) in [6.07, 6.45) is 10.9. The van der Waals surface area contributed by atoms with E-state index in [1.54, 1.807) is 29.3 Å². The number of carbonyl (C=O) groups is 2. The summed E-state index contributed by atoms with van der Waals surface area (Å²) >= 11 is 0. The fraction of sp³-hybridized carbons (Fsp3) is 0.500. The van der Waals surface area contributed by atoms with Gasteiger partial charge >= 0.3 is 6.03 Å². The van der Waals surface area contributed by atoms with Crippen LogP contribution in [0.2, 0.25) is 0 Å². The second kappa shape index (κ2) is 16.9. The van der Waals surface area contributed by atoms with Crippen LogP contribution in [0.4, 0.5) is 37.8 Å². The molecule has 356 valence electrons. The van der Waals surface area contributed by atoms with Gasteiger partial charge in [0.25, 0.3) is 0 Å². The summed E-state index contributed by atoms with van der Waals surface area (Å²) in [6, 6.07) is 16.4. The molecule has 12 rings (SSSR count). The maximum Gasteiger partial charge on any atom is 0.328 e. The van der Waals surface area contributed by atoms with Gasteiger partial charge < -0.3 is 49.6 Å². The summed E-state index contributed by atoms with van der Waals surface area (Å²) in [4.78, 5) is 39.9. The molecule has 6 saturated heterocycles. The van der Waals surface area contributed by atoms with Crippen molar-refractivity contribution in [1.29, 1.82) is 0 Å². The minimum absolute atomic E-state index is 0.0540. The smallest absolute Gasteiger partial charge is 0.328 e. The van der Waals surface area contributed by atoms with Crippen LogP contribution in [0.1, 0.15) is 75.3 Å². The topological polar surface area (TPSA) is 191 Å². The Morgan fingerprint density at radius 1 is 0.824 bits per heavy atom. The molecule has 2 unspecified atom stereocenters. The Morgan fingerprint density at radius 3 is 2.29 bits per heavy atom. The number of nitrogens with two attached hydrogens (primary N) is 1. The lowest BCUT2D eigenvalue weighted by Crippen LogP contribution is -2.56. The van der Waals surface area contributed by atoms with Crippen LogP contribution in [0.5, 0.6) is 5.75 Å². The van der Waals surface area contributed by atoms with Crippen molar-refractivity contribution in [1.82, 2.24) is 30.0 Å². The van der Waals surface area contributed by atoms with Crippen LogP contribution in [0.3, 0.4) is 0 Å². The number of phenolic OH excluding ortho intramolecular Hbond substituents is 1. The molecule has 6 aliphatic heterocycles. The largest absolute Gasteiger partial charge is 0.507 e. The van der Waals surface area contributed by atoms with Gasteiger partial charge in [0.15, 0.2) is 11.6 Å². The molecular weight excluding hydrogens is 870 g/mol. The number of piperidine rings is 2. The second-order valence-corrected chi connectivity index (χ2v) is 20.1. The van der Waals surface area contributed by atoms with E-state index in [-0.39, 0.29) is 42.0 Å². The molecule has 68 heavy (non-hydrogen) atoms. The Morgan fingerprint density at radius 2 is 1.57 bits per heavy atom. The number of likely N-dealkylation sites (tertiary alicyclic amines) is 1. The molecule has 5 aromatic rings.